The van der Waals surface area contributed by atoms with Gasteiger partial charge in [0.05, 0.1) is 24.3 Å². The van der Waals surface area contributed by atoms with Gasteiger partial charge in [-0.05, 0) is 82.7 Å². The molecule has 1 aromatic rings. The largest absolute Gasteiger partial charge is 0.472 e. The monoisotopic (exact) mass is 1300 g/mol. The number of nitrogens with zero attached hydrogens (tertiary/aromatic N) is 3. The number of carbonyl (C=O) groups excluding carboxylic acids is 7. The maximum atomic E-state index is 14.3. The molecule has 0 saturated carbocycles. The van der Waals surface area contributed by atoms with Gasteiger partial charge >= 0.3 is 15.6 Å². The molecule has 0 aromatic heterocycles. The van der Waals surface area contributed by atoms with Crippen molar-refractivity contribution in [2.45, 2.75) is 175 Å². The molecule has 8 bridgehead atoms. The topological polar surface area (TPSA) is 498 Å². The van der Waals surface area contributed by atoms with E-state index in [4.69, 9.17) is 67.9 Å². The average molecular weight is 1300 g/mol. The smallest absolute Gasteiger partial charge is 0.462 e. The molecule has 29 nitrogen and oxygen atoms in total. The minimum atomic E-state index is -5.23. The molecule has 6 aliphatic rings. The van der Waals surface area contributed by atoms with Crippen molar-refractivity contribution in [3.63, 3.8) is 0 Å². The van der Waals surface area contributed by atoms with Crippen molar-refractivity contribution in [2.75, 3.05) is 13.2 Å². The normalized spacial score (nSPS) is 32.9. The van der Waals surface area contributed by atoms with Crippen molar-refractivity contribution >= 4 is 74.1 Å². The first-order valence-corrected chi connectivity index (χ1v) is 32.8. The summed E-state index contributed by atoms with van der Waals surface area (Å²) in [6.45, 7) is 14.8. The Morgan fingerprint density at radius 2 is 1.36 bits per heavy atom. The van der Waals surface area contributed by atoms with Crippen LogP contribution >= 0.6 is 15.6 Å². The predicted octanol–water partition coefficient (Wildman–Crippen LogP) is 2.52. The summed E-state index contributed by atoms with van der Waals surface area (Å²) in [6.07, 6.45) is -7.36. The van der Waals surface area contributed by atoms with Crippen LogP contribution in [-0.4, -0.2) is 134 Å². The molecule has 18 N–H and O–H groups in total. The maximum absolute atomic E-state index is 14.3. The molecule has 15 atom stereocenters. The average Bonchev–Trinajstić information content (AvgIpc) is 1.53. The predicted molar refractivity (Wildman–Crippen MR) is 327 cm³/mol. The first-order chi connectivity index (χ1) is 41.7. The summed E-state index contributed by atoms with van der Waals surface area (Å²) in [5.41, 5.74) is 33.7. The van der Waals surface area contributed by atoms with Crippen LogP contribution in [0.4, 0.5) is 0 Å². The molecule has 2 saturated heterocycles. The highest BCUT2D eigenvalue weighted by Gasteiger charge is 2.66. The van der Waals surface area contributed by atoms with E-state index < -0.39 is 158 Å². The third-order valence-electron chi connectivity index (χ3n) is 19.3. The number of fused-ring (bicyclic) bond motifs is 6. The summed E-state index contributed by atoms with van der Waals surface area (Å²) in [4.78, 5) is 140. The van der Waals surface area contributed by atoms with Crippen LogP contribution in [0, 0.1) is 45.3 Å². The number of aliphatic imine (C=N–C) groups is 3. The van der Waals surface area contributed by atoms with E-state index in [0.717, 1.165) is 0 Å². The summed E-state index contributed by atoms with van der Waals surface area (Å²) in [7, 11) is -10.3. The van der Waals surface area contributed by atoms with Crippen LogP contribution in [0.2, 0.25) is 0 Å². The van der Waals surface area contributed by atoms with E-state index in [1.54, 1.807) is 39.0 Å². The Hall–Kier alpha value is -6.52. The molecule has 0 aliphatic carbocycles. The van der Waals surface area contributed by atoms with Crippen LogP contribution in [0.15, 0.2) is 79.6 Å². The molecule has 0 radical (unpaired) electrons. The van der Waals surface area contributed by atoms with Gasteiger partial charge in [0.2, 0.25) is 47.6 Å². The summed E-state index contributed by atoms with van der Waals surface area (Å²) in [6, 6.07) is 6.91. The number of ether oxygens (including phenoxy) is 2. The highest BCUT2D eigenvalue weighted by atomic mass is 31.2. The SMILES string of the molecule is CC1=C2N=C(C=C3N/C(=C(/C)C4=N[C@@](C)([C@@H]5N=C1[C@](C)(CCC(=O)NC[C@@H](C)OP(=O)(O)O[C@H]1[C@@H](O)[C@@H](Oc6ccccc6)O[C@@H]1COP(=O)(O)O)[C@H]5CC(N)=O)[C@@](C)(CC(N)=O)[C@@H]4CCC(N)=O)[C@@](C)(CC(N)=O)[C@@H]3CCC(N)=O)C(C)(C)[C@@H]2CCC(N)=O. The van der Waals surface area contributed by atoms with Crippen LogP contribution in [0.1, 0.15) is 133 Å². The van der Waals surface area contributed by atoms with Crippen LogP contribution in [0.5, 0.6) is 5.75 Å². The molecular weight excluding hydrogens is 1210 g/mol. The summed E-state index contributed by atoms with van der Waals surface area (Å²) < 4.78 is 51.9. The molecule has 0 spiro atoms. The Morgan fingerprint density at radius 3 is 1.92 bits per heavy atom. The number of hydrogen-bond donors (Lipinski definition) is 12. The number of phosphoric acid groups is 2. The van der Waals surface area contributed by atoms with Gasteiger partial charge in [0.1, 0.15) is 24.1 Å². The van der Waals surface area contributed by atoms with Crippen molar-refractivity contribution in [3.8, 4) is 5.75 Å². The fourth-order valence-electron chi connectivity index (χ4n) is 14.6. The van der Waals surface area contributed by atoms with E-state index >= 15 is 0 Å². The molecule has 90 heavy (non-hydrogen) atoms. The number of benzene rings is 1. The lowest BCUT2D eigenvalue weighted by Crippen LogP contribution is -2.56. The van der Waals surface area contributed by atoms with Gasteiger partial charge in [-0.2, -0.15) is 0 Å². The lowest BCUT2D eigenvalue weighted by Gasteiger charge is -2.48. The number of allylic oxidation sites excluding steroid dienone is 6. The third kappa shape index (κ3) is 15.0. The number of rotatable bonds is 29. The van der Waals surface area contributed by atoms with Crippen molar-refractivity contribution in [2.24, 2.45) is 94.7 Å². The zero-order valence-corrected chi connectivity index (χ0v) is 53.9. The lowest BCUT2D eigenvalue weighted by molar-refractivity contribution is -0.124. The minimum Gasteiger partial charge on any atom is -0.462 e. The van der Waals surface area contributed by atoms with Crippen molar-refractivity contribution < 1.29 is 85.5 Å². The quantitative estimate of drug-likeness (QED) is 0.0513. The number of nitrogens with two attached hydrogens (primary N) is 6. The lowest BCUT2D eigenvalue weighted by atomic mass is 9.55. The molecule has 6 heterocycles. The number of aliphatic hydroxyl groups excluding tert-OH is 1. The van der Waals surface area contributed by atoms with Gasteiger partial charge in [0, 0.05) is 131 Å². The fraction of sp³-hybridized carbons (Fsp3) is 0.627. The second-order valence-electron chi connectivity index (χ2n) is 26.0. The van der Waals surface area contributed by atoms with Crippen molar-refractivity contribution in [1.82, 2.24) is 10.6 Å². The number of primary amides is 6. The number of para-hydroxylation sites is 1. The minimum absolute atomic E-state index is 0.0469. The molecule has 7 rings (SSSR count). The highest BCUT2D eigenvalue weighted by Crippen LogP contribution is 2.63. The van der Waals surface area contributed by atoms with E-state index in [1.807, 2.05) is 40.7 Å². The Balaban J connectivity index is 1.32. The van der Waals surface area contributed by atoms with Gasteiger partial charge in [-0.25, -0.2) is 9.13 Å². The molecule has 1 aromatic carbocycles. The third-order valence-corrected chi connectivity index (χ3v) is 21.0. The Bertz CT molecular complexity index is 3330. The van der Waals surface area contributed by atoms with Crippen LogP contribution in [0.25, 0.3) is 0 Å². The number of phosphoric ester groups is 2. The molecule has 6 aliphatic heterocycles. The Morgan fingerprint density at radius 1 is 0.767 bits per heavy atom. The Labute approximate surface area is 521 Å². The summed E-state index contributed by atoms with van der Waals surface area (Å²) in [5.74, 6) is -7.26. The molecule has 2 fully saturated rings. The number of aliphatic hydroxyl groups is 1. The number of hydrogen-bond acceptors (Lipinski definition) is 19. The zero-order valence-electron chi connectivity index (χ0n) is 52.1. The number of nitrogens with one attached hydrogen (secondary N) is 2. The van der Waals surface area contributed by atoms with Crippen molar-refractivity contribution in [3.05, 3.63) is 64.6 Å². The van der Waals surface area contributed by atoms with Crippen LogP contribution in [-0.2, 0) is 61.0 Å². The van der Waals surface area contributed by atoms with Crippen molar-refractivity contribution in [1.29, 1.82) is 0 Å². The summed E-state index contributed by atoms with van der Waals surface area (Å²) in [5, 5.41) is 17.5. The van der Waals surface area contributed by atoms with Gasteiger partial charge in [-0.15, -0.1) is 0 Å². The molecular formula is C59H87N11O18P2. The Kier molecular flexibility index (Phi) is 21.3. The van der Waals surface area contributed by atoms with Gasteiger partial charge < -0.3 is 74.3 Å². The number of amides is 7. The van der Waals surface area contributed by atoms with E-state index in [9.17, 15) is 62.5 Å². The van der Waals surface area contributed by atoms with E-state index in [-0.39, 0.29) is 76.4 Å². The van der Waals surface area contributed by atoms with E-state index in [2.05, 4.69) is 15.2 Å². The van der Waals surface area contributed by atoms with Crippen LogP contribution in [0.3, 0.4) is 0 Å². The zero-order chi connectivity index (χ0) is 67.0. The molecule has 1 unspecified atom stereocenters. The standard InChI is InChI=1S/C59H87N11O18P2/c1-29(87-90(82,83)88-50-38(28-84-89(79,80)81)86-54(49(50)78)85-32-13-11-10-12-14-32)27-66-46(77)21-22-56(6)36(23-43(63)74)53-59(9)58(8,26-45(65)76)35(17-20-42(62)73)48(70-59)31(3)52-57(7,25-44(64)75)33(15-18-40(60)71)37(67-52)24-39-55(4,5)34(16-19-41(61)72)47(68-39)30(2)51(56)69-53/h10-14,24,29,33-36,38,49-50,53-54,67,78H,15-23,25-28H2,1-9H3,(H2,60,71)(H2,61,72)(H2,62,73)(H2,63,74)(H2,64,75)(H2,65,76)(H,66,77)(H,82,83)(H2,79,80,81)/b37-24?,47-30?,52-31-/t29-,33-,34-,35-,36+,38-,49-,50-,53-,54+,56-,57+,58+,59+/m1/s1. The van der Waals surface area contributed by atoms with Gasteiger partial charge in [-0.3, -0.25) is 62.1 Å². The first kappa shape index (κ1) is 70.9. The fourth-order valence-corrected chi connectivity index (χ4v) is 16.1. The first-order valence-electron chi connectivity index (χ1n) is 29.8. The van der Waals surface area contributed by atoms with Crippen LogP contribution < -0.4 is 49.8 Å². The van der Waals surface area contributed by atoms with E-state index in [0.29, 0.717) is 45.4 Å². The number of carbonyl (C=O) groups is 7. The summed E-state index contributed by atoms with van der Waals surface area (Å²) >= 11 is 0. The van der Waals surface area contributed by atoms with Gasteiger partial charge in [-0.1, -0.05) is 52.8 Å². The van der Waals surface area contributed by atoms with E-state index in [1.165, 1.54) is 19.1 Å². The second-order valence-corrected chi connectivity index (χ2v) is 28.6. The molecule has 496 valence electrons. The maximum Gasteiger partial charge on any atom is 0.472 e. The highest BCUT2D eigenvalue weighted by molar-refractivity contribution is 7.47. The van der Waals surface area contributed by atoms with Gasteiger partial charge in [0.25, 0.3) is 0 Å². The molecule has 7 amide bonds. The molecule has 31 heteroatoms. The second kappa shape index (κ2) is 27.0. The van der Waals surface area contributed by atoms with Gasteiger partial charge in [0.15, 0.2) is 0 Å².